The molecule has 5 heteroatoms. The SMILES string of the molecule is CCOC(=O)C1=C(C)N=C2SC=C(C)N2C1c1ccccc1. The van der Waals surface area contributed by atoms with Crippen molar-refractivity contribution in [2.75, 3.05) is 6.61 Å². The Bertz CT molecular complexity index is 692. The van der Waals surface area contributed by atoms with Crippen molar-refractivity contribution in [3.63, 3.8) is 0 Å². The molecule has 4 nitrogen and oxygen atoms in total. The molecule has 0 bridgehead atoms. The smallest absolute Gasteiger partial charge is 0.338 e. The predicted molar refractivity (Wildman–Crippen MR) is 89.1 cm³/mol. The van der Waals surface area contributed by atoms with Crippen LogP contribution in [0.4, 0.5) is 0 Å². The fraction of sp³-hybridized carbons (Fsp3) is 0.294. The van der Waals surface area contributed by atoms with E-state index in [-0.39, 0.29) is 12.0 Å². The van der Waals surface area contributed by atoms with Gasteiger partial charge in [0.05, 0.1) is 23.9 Å². The normalized spacial score (nSPS) is 20.5. The standard InChI is InChI=1S/C17H18N2O2S/c1-4-21-16(20)14-12(3)18-17-19(11(2)10-22-17)15(14)13-8-6-5-7-9-13/h5-10,15H,4H2,1-3H3. The van der Waals surface area contributed by atoms with Gasteiger partial charge in [0.25, 0.3) is 0 Å². The van der Waals surface area contributed by atoms with Crippen LogP contribution in [0.3, 0.4) is 0 Å². The number of hydrogen-bond donors (Lipinski definition) is 0. The number of fused-ring (bicyclic) bond motifs is 1. The van der Waals surface area contributed by atoms with E-state index in [1.54, 1.807) is 11.8 Å². The van der Waals surface area contributed by atoms with Gasteiger partial charge in [-0.15, -0.1) is 0 Å². The number of hydrogen-bond acceptors (Lipinski definition) is 5. The maximum Gasteiger partial charge on any atom is 0.338 e. The van der Waals surface area contributed by atoms with Crippen molar-refractivity contribution in [2.45, 2.75) is 26.8 Å². The molecule has 22 heavy (non-hydrogen) atoms. The summed E-state index contributed by atoms with van der Waals surface area (Å²) >= 11 is 1.59. The van der Waals surface area contributed by atoms with Crippen LogP contribution < -0.4 is 0 Å². The predicted octanol–water partition coefficient (Wildman–Crippen LogP) is 3.84. The van der Waals surface area contributed by atoms with Crippen molar-refractivity contribution in [2.24, 2.45) is 4.99 Å². The van der Waals surface area contributed by atoms with Crippen LogP contribution in [0, 0.1) is 0 Å². The van der Waals surface area contributed by atoms with E-state index in [0.717, 1.165) is 22.1 Å². The Balaban J connectivity index is 2.13. The number of nitrogens with zero attached hydrogens (tertiary/aromatic N) is 2. The second kappa shape index (κ2) is 6.01. The van der Waals surface area contributed by atoms with Crippen molar-refractivity contribution in [1.29, 1.82) is 0 Å². The van der Waals surface area contributed by atoms with Gasteiger partial charge in [-0.1, -0.05) is 42.1 Å². The largest absolute Gasteiger partial charge is 0.463 e. The minimum absolute atomic E-state index is 0.181. The second-order valence-electron chi connectivity index (χ2n) is 5.17. The molecule has 2 aliphatic rings. The molecule has 114 valence electrons. The highest BCUT2D eigenvalue weighted by Crippen LogP contribution is 2.43. The number of ether oxygens (including phenoxy) is 1. The highest BCUT2D eigenvalue weighted by atomic mass is 32.2. The quantitative estimate of drug-likeness (QED) is 0.795. The molecule has 3 rings (SSSR count). The van der Waals surface area contributed by atoms with Crippen LogP contribution in [0.5, 0.6) is 0 Å². The summed E-state index contributed by atoms with van der Waals surface area (Å²) in [6, 6.07) is 9.84. The topological polar surface area (TPSA) is 41.9 Å². The molecule has 0 spiro atoms. The highest BCUT2D eigenvalue weighted by Gasteiger charge is 2.39. The molecular formula is C17H18N2O2S. The molecule has 2 aliphatic heterocycles. The zero-order valence-corrected chi connectivity index (χ0v) is 13.7. The summed E-state index contributed by atoms with van der Waals surface area (Å²) < 4.78 is 5.27. The number of thioether (sulfide) groups is 1. The fourth-order valence-electron chi connectivity index (χ4n) is 2.75. The summed E-state index contributed by atoms with van der Waals surface area (Å²) in [6.45, 7) is 6.09. The van der Waals surface area contributed by atoms with Crippen LogP contribution in [0.15, 0.2) is 57.7 Å². The van der Waals surface area contributed by atoms with Gasteiger partial charge < -0.3 is 9.64 Å². The first-order chi connectivity index (χ1) is 10.6. The van der Waals surface area contributed by atoms with Crippen LogP contribution in [-0.2, 0) is 9.53 Å². The van der Waals surface area contributed by atoms with Crippen LogP contribution in [0.2, 0.25) is 0 Å². The van der Waals surface area contributed by atoms with Gasteiger partial charge in [0.2, 0.25) is 0 Å². The number of esters is 1. The molecule has 0 aromatic heterocycles. The molecule has 1 unspecified atom stereocenters. The van der Waals surface area contributed by atoms with Gasteiger partial charge in [-0.3, -0.25) is 0 Å². The van der Waals surface area contributed by atoms with Crippen molar-refractivity contribution in [3.05, 3.63) is 58.3 Å². The summed E-state index contributed by atoms with van der Waals surface area (Å²) in [5.41, 5.74) is 3.50. The van der Waals surface area contributed by atoms with Gasteiger partial charge in [0.15, 0.2) is 5.17 Å². The number of rotatable bonds is 3. The van der Waals surface area contributed by atoms with Crippen molar-refractivity contribution in [1.82, 2.24) is 4.90 Å². The summed E-state index contributed by atoms with van der Waals surface area (Å²) in [6.07, 6.45) is 0. The third-order valence-electron chi connectivity index (χ3n) is 3.72. The van der Waals surface area contributed by atoms with Crippen molar-refractivity contribution in [3.8, 4) is 0 Å². The molecule has 0 aliphatic carbocycles. The Morgan fingerprint density at radius 1 is 1.32 bits per heavy atom. The lowest BCUT2D eigenvalue weighted by molar-refractivity contribution is -0.139. The van der Waals surface area contributed by atoms with Crippen molar-refractivity contribution < 1.29 is 9.53 Å². The third-order valence-corrected chi connectivity index (χ3v) is 4.67. The van der Waals surface area contributed by atoms with Gasteiger partial charge in [0, 0.05) is 5.70 Å². The molecule has 1 aromatic rings. The number of allylic oxidation sites excluding steroid dienone is 2. The lowest BCUT2D eigenvalue weighted by Gasteiger charge is -2.35. The lowest BCUT2D eigenvalue weighted by Crippen LogP contribution is -2.36. The van der Waals surface area contributed by atoms with E-state index in [1.807, 2.05) is 51.1 Å². The average molecular weight is 314 g/mol. The van der Waals surface area contributed by atoms with E-state index in [1.165, 1.54) is 0 Å². The molecule has 2 heterocycles. The Labute approximate surface area is 134 Å². The fourth-order valence-corrected chi connectivity index (χ4v) is 3.69. The molecule has 0 fully saturated rings. The summed E-state index contributed by atoms with van der Waals surface area (Å²) in [5, 5.41) is 2.98. The second-order valence-corrected chi connectivity index (χ2v) is 6.01. The van der Waals surface area contributed by atoms with E-state index in [4.69, 9.17) is 4.74 Å². The minimum Gasteiger partial charge on any atom is -0.463 e. The average Bonchev–Trinajstić information content (AvgIpc) is 2.88. The highest BCUT2D eigenvalue weighted by molar-refractivity contribution is 8.16. The first-order valence-corrected chi connectivity index (χ1v) is 8.15. The van der Waals surface area contributed by atoms with Gasteiger partial charge in [-0.25, -0.2) is 9.79 Å². The first kappa shape index (κ1) is 14.9. The van der Waals surface area contributed by atoms with Gasteiger partial charge in [-0.2, -0.15) is 0 Å². The Kier molecular flexibility index (Phi) is 4.07. The summed E-state index contributed by atoms with van der Waals surface area (Å²) in [7, 11) is 0. The Morgan fingerprint density at radius 2 is 2.05 bits per heavy atom. The number of carbonyl (C=O) groups excluding carboxylic acids is 1. The van der Waals surface area contributed by atoms with E-state index in [2.05, 4.69) is 15.3 Å². The zero-order chi connectivity index (χ0) is 15.7. The maximum atomic E-state index is 12.5. The molecule has 0 saturated heterocycles. The van der Waals surface area contributed by atoms with Crippen molar-refractivity contribution >= 4 is 22.9 Å². The van der Waals surface area contributed by atoms with Crippen LogP contribution in [0.1, 0.15) is 32.4 Å². The number of carbonyl (C=O) groups is 1. The van der Waals surface area contributed by atoms with Gasteiger partial charge in [-0.05, 0) is 31.7 Å². The first-order valence-electron chi connectivity index (χ1n) is 7.27. The number of benzene rings is 1. The van der Waals surface area contributed by atoms with E-state index in [9.17, 15) is 4.79 Å². The molecule has 0 N–H and O–H groups in total. The van der Waals surface area contributed by atoms with E-state index >= 15 is 0 Å². The minimum atomic E-state index is -0.290. The summed E-state index contributed by atoms with van der Waals surface area (Å²) in [4.78, 5) is 19.2. The van der Waals surface area contributed by atoms with Crippen LogP contribution in [0.25, 0.3) is 0 Å². The molecule has 0 radical (unpaired) electrons. The molecule has 1 atom stereocenters. The molecule has 0 amide bonds. The lowest BCUT2D eigenvalue weighted by atomic mass is 9.94. The molecule has 0 saturated carbocycles. The van der Waals surface area contributed by atoms with Crippen LogP contribution in [-0.4, -0.2) is 22.6 Å². The van der Waals surface area contributed by atoms with Gasteiger partial charge >= 0.3 is 5.97 Å². The zero-order valence-electron chi connectivity index (χ0n) is 12.9. The van der Waals surface area contributed by atoms with Gasteiger partial charge in [0.1, 0.15) is 0 Å². The monoisotopic (exact) mass is 314 g/mol. The number of amidine groups is 1. The Hall–Kier alpha value is -2.01. The van der Waals surface area contributed by atoms with Crippen LogP contribution >= 0.6 is 11.8 Å². The number of aliphatic imine (C=N–C) groups is 1. The molecule has 1 aromatic carbocycles. The third kappa shape index (κ3) is 2.46. The van der Waals surface area contributed by atoms with E-state index < -0.39 is 0 Å². The Morgan fingerprint density at radius 3 is 2.73 bits per heavy atom. The summed E-state index contributed by atoms with van der Waals surface area (Å²) in [5.74, 6) is -0.290. The maximum absolute atomic E-state index is 12.5. The molecular weight excluding hydrogens is 296 g/mol. The van der Waals surface area contributed by atoms with E-state index in [0.29, 0.717) is 12.2 Å².